The average Bonchev–Trinajstić information content (AvgIpc) is 2.66. The smallest absolute Gasteiger partial charge is 0.0948 e. The Kier molecular flexibility index (Phi) is 5.36. The van der Waals surface area contributed by atoms with Crippen molar-refractivity contribution in [2.45, 2.75) is 38.8 Å². The molecule has 15 heavy (non-hydrogen) atoms. The summed E-state index contributed by atoms with van der Waals surface area (Å²) in [4.78, 5) is 4.12. The Morgan fingerprint density at radius 2 is 2.27 bits per heavy atom. The van der Waals surface area contributed by atoms with Crippen LogP contribution in [0.25, 0.3) is 0 Å². The van der Waals surface area contributed by atoms with Crippen LogP contribution in [-0.4, -0.2) is 23.3 Å². The van der Waals surface area contributed by atoms with Gasteiger partial charge in [0.1, 0.15) is 0 Å². The minimum Gasteiger partial charge on any atom is -0.385 e. The predicted octanol–water partition coefficient (Wildman–Crippen LogP) is 1.72. The topological polar surface area (TPSA) is 53.1 Å². The first-order valence-corrected chi connectivity index (χ1v) is 5.50. The molecule has 1 heterocycles. The van der Waals surface area contributed by atoms with Crippen molar-refractivity contribution in [2.75, 3.05) is 13.7 Å². The molecule has 0 radical (unpaired) electrons. The fourth-order valence-corrected chi connectivity index (χ4v) is 1.60. The Morgan fingerprint density at radius 1 is 1.47 bits per heavy atom. The molecule has 86 valence electrons. The summed E-state index contributed by atoms with van der Waals surface area (Å²) in [5, 5.41) is 0. The van der Waals surface area contributed by atoms with E-state index in [0.29, 0.717) is 0 Å². The van der Waals surface area contributed by atoms with Crippen LogP contribution in [0.4, 0.5) is 0 Å². The van der Waals surface area contributed by atoms with Crippen molar-refractivity contribution in [1.29, 1.82) is 0 Å². The number of rotatable bonds is 7. The monoisotopic (exact) mass is 211 g/mol. The zero-order valence-corrected chi connectivity index (χ0v) is 9.65. The second kappa shape index (κ2) is 6.58. The molecule has 0 aromatic carbocycles. The summed E-state index contributed by atoms with van der Waals surface area (Å²) < 4.78 is 7.14. The van der Waals surface area contributed by atoms with Crippen LogP contribution in [0.5, 0.6) is 0 Å². The van der Waals surface area contributed by atoms with Gasteiger partial charge in [0.2, 0.25) is 0 Å². The Balaban J connectivity index is 2.28. The molecule has 1 atom stereocenters. The summed E-state index contributed by atoms with van der Waals surface area (Å²) in [6, 6.07) is 0.0616. The van der Waals surface area contributed by atoms with E-state index in [9.17, 15) is 0 Å². The molecule has 0 fully saturated rings. The highest BCUT2D eigenvalue weighted by Crippen LogP contribution is 2.10. The van der Waals surface area contributed by atoms with Gasteiger partial charge in [0, 0.05) is 32.5 Å². The summed E-state index contributed by atoms with van der Waals surface area (Å²) in [6.45, 7) is 3.84. The summed E-state index contributed by atoms with van der Waals surface area (Å²) >= 11 is 0. The third kappa shape index (κ3) is 4.01. The summed E-state index contributed by atoms with van der Waals surface area (Å²) in [5.74, 6) is 0. The van der Waals surface area contributed by atoms with E-state index in [0.717, 1.165) is 31.7 Å². The molecule has 2 N–H and O–H groups in total. The van der Waals surface area contributed by atoms with Crippen molar-refractivity contribution in [2.24, 2.45) is 5.73 Å². The first-order chi connectivity index (χ1) is 7.25. The maximum atomic E-state index is 5.83. The largest absolute Gasteiger partial charge is 0.385 e. The minimum absolute atomic E-state index is 0.0616. The third-order valence-electron chi connectivity index (χ3n) is 2.46. The number of methoxy groups -OCH3 is 1. The van der Waals surface area contributed by atoms with E-state index in [4.69, 9.17) is 10.5 Å². The zero-order chi connectivity index (χ0) is 11.1. The van der Waals surface area contributed by atoms with Crippen molar-refractivity contribution in [3.63, 3.8) is 0 Å². The lowest BCUT2D eigenvalue weighted by molar-refractivity contribution is 0.191. The van der Waals surface area contributed by atoms with Crippen molar-refractivity contribution in [3.05, 3.63) is 18.2 Å². The first kappa shape index (κ1) is 12.2. The molecule has 1 aromatic heterocycles. The van der Waals surface area contributed by atoms with Gasteiger partial charge in [-0.3, -0.25) is 0 Å². The van der Waals surface area contributed by atoms with Crippen LogP contribution >= 0.6 is 0 Å². The second-order valence-corrected chi connectivity index (χ2v) is 3.85. The molecule has 1 rings (SSSR count). The van der Waals surface area contributed by atoms with Gasteiger partial charge in [0.05, 0.1) is 12.0 Å². The van der Waals surface area contributed by atoms with Gasteiger partial charge in [-0.1, -0.05) is 0 Å². The maximum absolute atomic E-state index is 5.83. The lowest BCUT2D eigenvalue weighted by atomic mass is 10.2. The third-order valence-corrected chi connectivity index (χ3v) is 2.46. The lowest BCUT2D eigenvalue weighted by Gasteiger charge is -2.10. The first-order valence-electron chi connectivity index (χ1n) is 5.50. The van der Waals surface area contributed by atoms with Crippen molar-refractivity contribution < 1.29 is 4.74 Å². The van der Waals surface area contributed by atoms with Crippen LogP contribution in [0.3, 0.4) is 0 Å². The zero-order valence-electron chi connectivity index (χ0n) is 9.65. The molecule has 0 bridgehead atoms. The Morgan fingerprint density at radius 3 is 2.93 bits per heavy atom. The van der Waals surface area contributed by atoms with E-state index in [2.05, 4.69) is 9.55 Å². The molecule has 0 aliphatic heterocycles. The van der Waals surface area contributed by atoms with Crippen molar-refractivity contribution in [3.8, 4) is 0 Å². The van der Waals surface area contributed by atoms with Crippen LogP contribution in [-0.2, 0) is 11.3 Å². The number of aromatic nitrogens is 2. The number of nitrogens with zero attached hydrogens (tertiary/aromatic N) is 2. The summed E-state index contributed by atoms with van der Waals surface area (Å²) in [6.07, 6.45) is 7.16. The van der Waals surface area contributed by atoms with Crippen molar-refractivity contribution in [1.82, 2.24) is 9.55 Å². The number of ether oxygens (including phenoxy) is 1. The van der Waals surface area contributed by atoms with Crippen LogP contribution < -0.4 is 5.73 Å². The molecule has 1 unspecified atom stereocenters. The van der Waals surface area contributed by atoms with Gasteiger partial charge in [-0.2, -0.15) is 0 Å². The van der Waals surface area contributed by atoms with E-state index >= 15 is 0 Å². The summed E-state index contributed by atoms with van der Waals surface area (Å²) in [7, 11) is 1.74. The number of hydrogen-bond acceptors (Lipinski definition) is 3. The number of imidazole rings is 1. The van der Waals surface area contributed by atoms with Gasteiger partial charge in [0.25, 0.3) is 0 Å². The molecule has 4 heteroatoms. The van der Waals surface area contributed by atoms with Gasteiger partial charge < -0.3 is 15.0 Å². The molecule has 0 saturated heterocycles. The standard InChI is InChI=1S/C11H21N3O/c1-10(12)11-8-13-9-14(11)6-4-3-5-7-15-2/h8-10H,3-7,12H2,1-2H3. The van der Waals surface area contributed by atoms with E-state index < -0.39 is 0 Å². The molecule has 4 nitrogen and oxygen atoms in total. The quantitative estimate of drug-likeness (QED) is 0.699. The highest BCUT2D eigenvalue weighted by atomic mass is 16.5. The molecule has 0 saturated carbocycles. The van der Waals surface area contributed by atoms with Gasteiger partial charge in [-0.25, -0.2) is 4.98 Å². The van der Waals surface area contributed by atoms with E-state index in [-0.39, 0.29) is 6.04 Å². The molecular formula is C11H21N3O. The van der Waals surface area contributed by atoms with E-state index in [1.54, 1.807) is 7.11 Å². The fraction of sp³-hybridized carbons (Fsp3) is 0.727. The Labute approximate surface area is 91.4 Å². The van der Waals surface area contributed by atoms with Gasteiger partial charge >= 0.3 is 0 Å². The molecule has 0 aliphatic rings. The second-order valence-electron chi connectivity index (χ2n) is 3.85. The van der Waals surface area contributed by atoms with Crippen molar-refractivity contribution >= 4 is 0 Å². The molecule has 1 aromatic rings. The van der Waals surface area contributed by atoms with Crippen LogP contribution in [0.1, 0.15) is 37.9 Å². The maximum Gasteiger partial charge on any atom is 0.0948 e. The minimum atomic E-state index is 0.0616. The predicted molar refractivity (Wildman–Crippen MR) is 60.6 cm³/mol. The number of hydrogen-bond donors (Lipinski definition) is 1. The highest BCUT2D eigenvalue weighted by molar-refractivity contribution is 5.02. The molecular weight excluding hydrogens is 190 g/mol. The Hall–Kier alpha value is -0.870. The van der Waals surface area contributed by atoms with Gasteiger partial charge in [-0.15, -0.1) is 0 Å². The SMILES string of the molecule is COCCCCCn1cncc1C(C)N. The molecule has 0 spiro atoms. The number of nitrogens with two attached hydrogens (primary N) is 1. The number of unbranched alkanes of at least 4 members (excludes halogenated alkanes) is 2. The van der Waals surface area contributed by atoms with Crippen LogP contribution in [0, 0.1) is 0 Å². The molecule has 0 aliphatic carbocycles. The van der Waals surface area contributed by atoms with Crippen LogP contribution in [0.2, 0.25) is 0 Å². The number of aryl methyl sites for hydroxylation is 1. The Bertz CT molecular complexity index is 271. The fourth-order valence-electron chi connectivity index (χ4n) is 1.60. The lowest BCUT2D eigenvalue weighted by Crippen LogP contribution is -2.11. The highest BCUT2D eigenvalue weighted by Gasteiger charge is 2.05. The van der Waals surface area contributed by atoms with Gasteiger partial charge in [-0.05, 0) is 26.2 Å². The van der Waals surface area contributed by atoms with Gasteiger partial charge in [0.15, 0.2) is 0 Å². The van der Waals surface area contributed by atoms with E-state index in [1.807, 2.05) is 19.4 Å². The average molecular weight is 211 g/mol. The van der Waals surface area contributed by atoms with E-state index in [1.165, 1.54) is 6.42 Å². The normalized spacial score (nSPS) is 13.0. The summed E-state index contributed by atoms with van der Waals surface area (Å²) in [5.41, 5.74) is 6.94. The molecule has 0 amide bonds. The van der Waals surface area contributed by atoms with Crippen LogP contribution in [0.15, 0.2) is 12.5 Å².